The molecule has 1 unspecified atom stereocenters. The summed E-state index contributed by atoms with van der Waals surface area (Å²) in [7, 11) is 0. The lowest BCUT2D eigenvalue weighted by Crippen LogP contribution is -2.59. The summed E-state index contributed by atoms with van der Waals surface area (Å²) in [5, 5.41) is 16.2. The average molecular weight is 412 g/mol. The van der Waals surface area contributed by atoms with Gasteiger partial charge in [-0.1, -0.05) is 23.7 Å². The number of anilines is 1. The standard InChI is InChI=1S/C17H13ClF3N5O2/c1-2-28-15(27)16(17(19,20)21)11(8-22)14(23)24-13-7-12(25-26(13)16)9-3-5-10(18)6-4-9/h3-7,24H,2,23H2,1H3. The van der Waals surface area contributed by atoms with Crippen molar-refractivity contribution in [3.8, 4) is 17.3 Å². The Kier molecular flexibility index (Phi) is 4.72. The number of esters is 1. The summed E-state index contributed by atoms with van der Waals surface area (Å²) in [6, 6.07) is 8.85. The number of alkyl halides is 3. The first kappa shape index (κ1) is 19.6. The van der Waals surface area contributed by atoms with Crippen LogP contribution in [0.5, 0.6) is 0 Å². The van der Waals surface area contributed by atoms with Crippen LogP contribution >= 0.6 is 11.6 Å². The molecule has 0 saturated carbocycles. The van der Waals surface area contributed by atoms with E-state index in [1.165, 1.54) is 19.1 Å². The number of fused-ring (bicyclic) bond motifs is 1. The van der Waals surface area contributed by atoms with Crippen LogP contribution in [-0.2, 0) is 15.1 Å². The number of benzene rings is 1. The quantitative estimate of drug-likeness (QED) is 0.751. The van der Waals surface area contributed by atoms with Gasteiger partial charge in [0.2, 0.25) is 0 Å². The number of aromatic nitrogens is 2. The van der Waals surface area contributed by atoms with Crippen LogP contribution in [-0.4, -0.2) is 28.5 Å². The fourth-order valence-electron chi connectivity index (χ4n) is 2.93. The maximum Gasteiger partial charge on any atom is 0.429 e. The number of nitrogens with one attached hydrogen (secondary N) is 1. The number of rotatable bonds is 3. The molecule has 0 saturated heterocycles. The lowest BCUT2D eigenvalue weighted by atomic mass is 9.87. The van der Waals surface area contributed by atoms with Gasteiger partial charge in [0.1, 0.15) is 23.3 Å². The van der Waals surface area contributed by atoms with E-state index in [1.807, 2.05) is 0 Å². The van der Waals surface area contributed by atoms with Gasteiger partial charge in [-0.05, 0) is 19.1 Å². The van der Waals surface area contributed by atoms with Gasteiger partial charge in [-0.25, -0.2) is 9.48 Å². The molecular weight excluding hydrogens is 399 g/mol. The molecular formula is C17H13ClF3N5O2. The summed E-state index contributed by atoms with van der Waals surface area (Å²) in [4.78, 5) is 12.5. The van der Waals surface area contributed by atoms with Crippen LogP contribution in [0.15, 0.2) is 41.7 Å². The van der Waals surface area contributed by atoms with E-state index < -0.39 is 29.1 Å². The number of carbonyl (C=O) groups is 1. The minimum atomic E-state index is -5.25. The first-order valence-electron chi connectivity index (χ1n) is 7.94. The van der Waals surface area contributed by atoms with Crippen LogP contribution in [0.4, 0.5) is 19.0 Å². The molecule has 1 aliphatic rings. The molecule has 2 heterocycles. The summed E-state index contributed by atoms with van der Waals surface area (Å²) in [5.74, 6) is -2.52. The van der Waals surface area contributed by atoms with Gasteiger partial charge in [0.15, 0.2) is 0 Å². The number of hydrogen-bond acceptors (Lipinski definition) is 6. The van der Waals surface area contributed by atoms with E-state index in [4.69, 9.17) is 17.3 Å². The maximum absolute atomic E-state index is 14.3. The van der Waals surface area contributed by atoms with Crippen molar-refractivity contribution in [2.75, 3.05) is 11.9 Å². The van der Waals surface area contributed by atoms with Gasteiger partial charge >= 0.3 is 12.1 Å². The molecule has 2 aromatic rings. The van der Waals surface area contributed by atoms with Gasteiger partial charge in [0.25, 0.3) is 5.54 Å². The van der Waals surface area contributed by atoms with Crippen molar-refractivity contribution in [2.45, 2.75) is 18.6 Å². The van der Waals surface area contributed by atoms with Crippen LogP contribution in [0.1, 0.15) is 6.92 Å². The molecule has 0 fully saturated rings. The zero-order chi connectivity index (χ0) is 20.7. The molecule has 3 rings (SSSR count). The number of nitrogens with zero attached hydrogens (tertiary/aromatic N) is 3. The Hall–Kier alpha value is -3.19. The van der Waals surface area contributed by atoms with Crippen molar-refractivity contribution in [3.63, 3.8) is 0 Å². The molecule has 7 nitrogen and oxygen atoms in total. The smallest absolute Gasteiger partial charge is 0.429 e. The van der Waals surface area contributed by atoms with Crippen molar-refractivity contribution < 1.29 is 22.7 Å². The van der Waals surface area contributed by atoms with Crippen LogP contribution in [0.25, 0.3) is 11.3 Å². The fraction of sp³-hybridized carbons (Fsp3) is 0.235. The average Bonchev–Trinajstić information content (AvgIpc) is 3.03. The first-order chi connectivity index (χ1) is 13.2. The van der Waals surface area contributed by atoms with E-state index in [2.05, 4.69) is 15.2 Å². The fourth-order valence-corrected chi connectivity index (χ4v) is 3.06. The second-order valence-electron chi connectivity index (χ2n) is 5.79. The van der Waals surface area contributed by atoms with Crippen molar-refractivity contribution in [1.29, 1.82) is 5.26 Å². The molecule has 0 bridgehead atoms. The van der Waals surface area contributed by atoms with Gasteiger partial charge in [-0.2, -0.15) is 23.5 Å². The SMILES string of the molecule is CCOC(=O)C1(C(F)(F)F)C(C#N)=C(N)Nc2cc(-c3ccc(Cl)cc3)nn21. The molecule has 0 amide bonds. The summed E-state index contributed by atoms with van der Waals surface area (Å²) < 4.78 is 47.9. The molecule has 0 radical (unpaired) electrons. The normalized spacial score (nSPS) is 18.9. The minimum Gasteiger partial charge on any atom is -0.464 e. The Balaban J connectivity index is 2.31. The van der Waals surface area contributed by atoms with E-state index in [-0.39, 0.29) is 18.1 Å². The molecule has 1 aromatic heterocycles. The molecule has 1 aliphatic heterocycles. The molecule has 146 valence electrons. The number of halogens is 4. The number of carbonyl (C=O) groups excluding carboxylic acids is 1. The highest BCUT2D eigenvalue weighted by molar-refractivity contribution is 6.30. The zero-order valence-electron chi connectivity index (χ0n) is 14.3. The topological polar surface area (TPSA) is 106 Å². The second kappa shape index (κ2) is 6.76. The van der Waals surface area contributed by atoms with E-state index in [0.717, 1.165) is 0 Å². The number of hydrogen-bond donors (Lipinski definition) is 2. The van der Waals surface area contributed by atoms with Crippen LogP contribution in [0.2, 0.25) is 5.02 Å². The van der Waals surface area contributed by atoms with Gasteiger partial charge in [0, 0.05) is 16.7 Å². The molecule has 1 aromatic carbocycles. The number of ether oxygens (including phenoxy) is 1. The molecule has 28 heavy (non-hydrogen) atoms. The van der Waals surface area contributed by atoms with Crippen LogP contribution in [0, 0.1) is 11.3 Å². The second-order valence-corrected chi connectivity index (χ2v) is 6.22. The maximum atomic E-state index is 14.3. The molecule has 11 heteroatoms. The number of nitrogens with two attached hydrogens (primary N) is 1. The molecule has 3 N–H and O–H groups in total. The summed E-state index contributed by atoms with van der Waals surface area (Å²) >= 11 is 5.83. The van der Waals surface area contributed by atoms with E-state index in [0.29, 0.717) is 15.3 Å². The van der Waals surface area contributed by atoms with Gasteiger partial charge in [-0.3, -0.25) is 0 Å². The lowest BCUT2D eigenvalue weighted by molar-refractivity contribution is -0.218. The largest absolute Gasteiger partial charge is 0.464 e. The highest BCUT2D eigenvalue weighted by Crippen LogP contribution is 2.48. The highest BCUT2D eigenvalue weighted by Gasteiger charge is 2.69. The van der Waals surface area contributed by atoms with Gasteiger partial charge in [-0.15, -0.1) is 0 Å². The van der Waals surface area contributed by atoms with Crippen LogP contribution in [0.3, 0.4) is 0 Å². The summed E-state index contributed by atoms with van der Waals surface area (Å²) in [5.41, 5.74) is 1.67. The Morgan fingerprint density at radius 2 is 2.07 bits per heavy atom. The van der Waals surface area contributed by atoms with E-state index >= 15 is 0 Å². The first-order valence-corrected chi connectivity index (χ1v) is 8.32. The zero-order valence-corrected chi connectivity index (χ0v) is 15.1. The Morgan fingerprint density at radius 3 is 2.61 bits per heavy atom. The molecule has 0 spiro atoms. The van der Waals surface area contributed by atoms with Crippen molar-refractivity contribution in [3.05, 3.63) is 46.7 Å². The van der Waals surface area contributed by atoms with Crippen molar-refractivity contribution >= 4 is 23.4 Å². The highest BCUT2D eigenvalue weighted by atomic mass is 35.5. The Bertz CT molecular complexity index is 1010. The Labute approximate surface area is 162 Å². The molecule has 1 atom stereocenters. The monoisotopic (exact) mass is 411 g/mol. The van der Waals surface area contributed by atoms with E-state index in [1.54, 1.807) is 24.3 Å². The van der Waals surface area contributed by atoms with Crippen molar-refractivity contribution in [1.82, 2.24) is 9.78 Å². The van der Waals surface area contributed by atoms with Gasteiger partial charge in [0.05, 0.1) is 12.3 Å². The minimum absolute atomic E-state index is 0.115. The Morgan fingerprint density at radius 1 is 1.43 bits per heavy atom. The summed E-state index contributed by atoms with van der Waals surface area (Å²) in [6.45, 7) is 1.02. The van der Waals surface area contributed by atoms with E-state index in [9.17, 15) is 23.2 Å². The predicted octanol–water partition coefficient (Wildman–Crippen LogP) is 3.14. The third-order valence-corrected chi connectivity index (χ3v) is 4.41. The third-order valence-electron chi connectivity index (χ3n) is 4.15. The number of nitriles is 1. The van der Waals surface area contributed by atoms with Crippen LogP contribution < -0.4 is 11.1 Å². The lowest BCUT2D eigenvalue weighted by Gasteiger charge is -2.37. The predicted molar refractivity (Wildman–Crippen MR) is 93.8 cm³/mol. The molecule has 0 aliphatic carbocycles. The van der Waals surface area contributed by atoms with Gasteiger partial charge < -0.3 is 15.8 Å². The summed E-state index contributed by atoms with van der Waals surface area (Å²) in [6.07, 6.45) is -5.25. The third kappa shape index (κ3) is 2.75. The van der Waals surface area contributed by atoms with Crippen molar-refractivity contribution in [2.24, 2.45) is 5.73 Å².